The topological polar surface area (TPSA) is 38.3 Å². The summed E-state index contributed by atoms with van der Waals surface area (Å²) in [5.41, 5.74) is 2.01. The van der Waals surface area contributed by atoms with E-state index in [4.69, 9.17) is 4.74 Å². The Morgan fingerprint density at radius 3 is 2.43 bits per heavy atom. The highest BCUT2D eigenvalue weighted by atomic mass is 79.9. The van der Waals surface area contributed by atoms with Crippen molar-refractivity contribution in [2.45, 2.75) is 6.54 Å². The van der Waals surface area contributed by atoms with Crippen LogP contribution in [0.3, 0.4) is 0 Å². The molecular weight excluding hydrogens is 330 g/mol. The zero-order chi connectivity index (χ0) is 15.1. The number of rotatable bonds is 5. The number of ether oxygens (including phenoxy) is 1. The Kier molecular flexibility index (Phi) is 5.58. The van der Waals surface area contributed by atoms with E-state index in [-0.39, 0.29) is 5.91 Å². The number of halogens is 1. The van der Waals surface area contributed by atoms with Crippen molar-refractivity contribution in [2.75, 3.05) is 7.11 Å². The van der Waals surface area contributed by atoms with Crippen molar-refractivity contribution < 1.29 is 9.53 Å². The summed E-state index contributed by atoms with van der Waals surface area (Å²) in [6, 6.07) is 15.4. The van der Waals surface area contributed by atoms with Gasteiger partial charge in [-0.05, 0) is 41.5 Å². The molecule has 1 amide bonds. The summed E-state index contributed by atoms with van der Waals surface area (Å²) in [6.07, 6.45) is 3.32. The molecular formula is C17H16BrNO2. The van der Waals surface area contributed by atoms with E-state index in [0.29, 0.717) is 6.54 Å². The van der Waals surface area contributed by atoms with Crippen molar-refractivity contribution in [3.05, 3.63) is 70.2 Å². The van der Waals surface area contributed by atoms with Gasteiger partial charge in [0.25, 0.3) is 0 Å². The molecule has 0 saturated heterocycles. The predicted molar refractivity (Wildman–Crippen MR) is 88.0 cm³/mol. The maximum Gasteiger partial charge on any atom is 0.244 e. The van der Waals surface area contributed by atoms with Gasteiger partial charge in [-0.25, -0.2) is 0 Å². The van der Waals surface area contributed by atoms with E-state index in [9.17, 15) is 4.79 Å². The quantitative estimate of drug-likeness (QED) is 0.837. The number of hydrogen-bond acceptors (Lipinski definition) is 2. The first-order valence-electron chi connectivity index (χ1n) is 6.52. The molecule has 0 heterocycles. The molecule has 0 unspecified atom stereocenters. The van der Waals surface area contributed by atoms with Crippen LogP contribution in [-0.4, -0.2) is 13.0 Å². The molecule has 0 radical (unpaired) electrons. The Morgan fingerprint density at radius 1 is 1.14 bits per heavy atom. The first-order valence-corrected chi connectivity index (χ1v) is 7.31. The van der Waals surface area contributed by atoms with E-state index in [1.165, 1.54) is 6.08 Å². The number of benzene rings is 2. The van der Waals surface area contributed by atoms with Gasteiger partial charge >= 0.3 is 0 Å². The Bertz CT molecular complexity index is 618. The van der Waals surface area contributed by atoms with Gasteiger partial charge in [-0.3, -0.25) is 4.79 Å². The molecule has 0 aliphatic rings. The van der Waals surface area contributed by atoms with Crippen LogP contribution in [0.25, 0.3) is 6.08 Å². The lowest BCUT2D eigenvalue weighted by Gasteiger charge is -2.04. The van der Waals surface area contributed by atoms with Crippen molar-refractivity contribution in [1.82, 2.24) is 5.32 Å². The lowest BCUT2D eigenvalue weighted by molar-refractivity contribution is -0.116. The van der Waals surface area contributed by atoms with Crippen molar-refractivity contribution in [3.63, 3.8) is 0 Å². The molecule has 0 aliphatic carbocycles. The monoisotopic (exact) mass is 345 g/mol. The third-order valence-corrected chi connectivity index (χ3v) is 3.45. The molecule has 0 aliphatic heterocycles. The van der Waals surface area contributed by atoms with E-state index < -0.39 is 0 Å². The molecule has 0 bridgehead atoms. The Hall–Kier alpha value is -2.07. The fraction of sp³-hybridized carbons (Fsp3) is 0.118. The van der Waals surface area contributed by atoms with Gasteiger partial charge in [0.05, 0.1) is 7.11 Å². The molecule has 3 nitrogen and oxygen atoms in total. The van der Waals surface area contributed by atoms with Crippen LogP contribution < -0.4 is 10.1 Å². The van der Waals surface area contributed by atoms with Gasteiger partial charge < -0.3 is 10.1 Å². The Morgan fingerprint density at radius 2 is 1.81 bits per heavy atom. The average Bonchev–Trinajstić information content (AvgIpc) is 2.53. The number of carbonyl (C=O) groups excluding carboxylic acids is 1. The summed E-state index contributed by atoms with van der Waals surface area (Å²) >= 11 is 3.37. The first-order chi connectivity index (χ1) is 10.2. The second-order valence-corrected chi connectivity index (χ2v) is 5.37. The van der Waals surface area contributed by atoms with Crippen LogP contribution >= 0.6 is 15.9 Å². The van der Waals surface area contributed by atoms with Gasteiger partial charge in [-0.1, -0.05) is 40.2 Å². The van der Waals surface area contributed by atoms with E-state index in [0.717, 1.165) is 21.3 Å². The molecule has 4 heteroatoms. The summed E-state index contributed by atoms with van der Waals surface area (Å²) in [5.74, 6) is 0.689. The van der Waals surface area contributed by atoms with Crippen molar-refractivity contribution >= 4 is 27.9 Å². The van der Waals surface area contributed by atoms with Gasteiger partial charge in [0.15, 0.2) is 0 Å². The minimum absolute atomic E-state index is 0.117. The lowest BCUT2D eigenvalue weighted by Crippen LogP contribution is -2.20. The van der Waals surface area contributed by atoms with E-state index in [1.807, 2.05) is 48.5 Å². The van der Waals surface area contributed by atoms with Gasteiger partial charge in [0.2, 0.25) is 5.91 Å². The summed E-state index contributed by atoms with van der Waals surface area (Å²) in [5, 5.41) is 2.84. The third kappa shape index (κ3) is 5.08. The fourth-order valence-corrected chi connectivity index (χ4v) is 2.00. The van der Waals surface area contributed by atoms with Crippen LogP contribution in [0, 0.1) is 0 Å². The summed E-state index contributed by atoms with van der Waals surface area (Å²) in [6.45, 7) is 0.494. The van der Waals surface area contributed by atoms with E-state index >= 15 is 0 Å². The predicted octanol–water partition coefficient (Wildman–Crippen LogP) is 3.79. The van der Waals surface area contributed by atoms with Crippen molar-refractivity contribution in [3.8, 4) is 5.75 Å². The highest BCUT2D eigenvalue weighted by Gasteiger charge is 1.98. The Labute approximate surface area is 132 Å². The highest BCUT2D eigenvalue weighted by molar-refractivity contribution is 9.10. The second kappa shape index (κ2) is 7.64. The van der Waals surface area contributed by atoms with Crippen LogP contribution in [0.15, 0.2) is 59.1 Å². The zero-order valence-corrected chi connectivity index (χ0v) is 13.3. The van der Waals surface area contributed by atoms with E-state index in [2.05, 4.69) is 21.2 Å². The maximum atomic E-state index is 11.7. The summed E-state index contributed by atoms with van der Waals surface area (Å²) < 4.78 is 6.11. The molecule has 108 valence electrons. The van der Waals surface area contributed by atoms with Gasteiger partial charge in [-0.2, -0.15) is 0 Å². The molecule has 0 aromatic heterocycles. The molecule has 0 saturated carbocycles. The van der Waals surface area contributed by atoms with Crippen LogP contribution in [0.5, 0.6) is 5.75 Å². The maximum absolute atomic E-state index is 11.7. The molecule has 2 rings (SSSR count). The van der Waals surface area contributed by atoms with Crippen molar-refractivity contribution in [1.29, 1.82) is 0 Å². The Balaban J connectivity index is 1.85. The summed E-state index contributed by atoms with van der Waals surface area (Å²) in [4.78, 5) is 11.7. The smallest absolute Gasteiger partial charge is 0.244 e. The van der Waals surface area contributed by atoms with Gasteiger partial charge in [-0.15, -0.1) is 0 Å². The minimum Gasteiger partial charge on any atom is -0.497 e. The molecule has 2 aromatic rings. The second-order valence-electron chi connectivity index (χ2n) is 4.45. The first kappa shape index (κ1) is 15.3. The standard InChI is InChI=1S/C17H16BrNO2/c1-21-16-9-4-14(5-10-16)12-19-17(20)11-6-13-2-7-15(18)8-3-13/h2-11H,12H2,1H3,(H,19,20)/b11-6-. The van der Waals surface area contributed by atoms with Gasteiger partial charge in [0.1, 0.15) is 5.75 Å². The lowest BCUT2D eigenvalue weighted by atomic mass is 10.2. The summed E-state index contributed by atoms with van der Waals surface area (Å²) in [7, 11) is 1.63. The molecule has 21 heavy (non-hydrogen) atoms. The number of amides is 1. The van der Waals surface area contributed by atoms with Crippen LogP contribution in [-0.2, 0) is 11.3 Å². The van der Waals surface area contributed by atoms with Crippen LogP contribution in [0.2, 0.25) is 0 Å². The number of methoxy groups -OCH3 is 1. The average molecular weight is 346 g/mol. The number of hydrogen-bond donors (Lipinski definition) is 1. The SMILES string of the molecule is COc1ccc(CNC(=O)/C=C\c2ccc(Br)cc2)cc1. The fourth-order valence-electron chi connectivity index (χ4n) is 1.74. The minimum atomic E-state index is -0.117. The van der Waals surface area contributed by atoms with Crippen LogP contribution in [0.4, 0.5) is 0 Å². The molecule has 0 atom stereocenters. The molecule has 0 fully saturated rings. The third-order valence-electron chi connectivity index (χ3n) is 2.92. The van der Waals surface area contributed by atoms with E-state index in [1.54, 1.807) is 13.2 Å². The largest absolute Gasteiger partial charge is 0.497 e. The van der Waals surface area contributed by atoms with Gasteiger partial charge in [0, 0.05) is 17.1 Å². The van der Waals surface area contributed by atoms with Crippen LogP contribution in [0.1, 0.15) is 11.1 Å². The zero-order valence-electron chi connectivity index (χ0n) is 11.7. The number of nitrogens with one attached hydrogen (secondary N) is 1. The molecule has 2 aromatic carbocycles. The molecule has 1 N–H and O–H groups in total. The normalized spacial score (nSPS) is 10.6. The number of carbonyl (C=O) groups is 1. The molecule has 0 spiro atoms. The highest BCUT2D eigenvalue weighted by Crippen LogP contribution is 2.12. The van der Waals surface area contributed by atoms with Crippen molar-refractivity contribution in [2.24, 2.45) is 0 Å².